The van der Waals surface area contributed by atoms with Gasteiger partial charge in [0.05, 0.1) is 16.6 Å². The van der Waals surface area contributed by atoms with Crippen LogP contribution in [0.3, 0.4) is 0 Å². The Morgan fingerprint density at radius 1 is 1.17 bits per heavy atom. The van der Waals surface area contributed by atoms with E-state index in [1.807, 2.05) is 18.2 Å². The van der Waals surface area contributed by atoms with Crippen LogP contribution in [0.25, 0.3) is 0 Å². The maximum atomic E-state index is 8.78. The Morgan fingerprint density at radius 2 is 2.04 bits per heavy atom. The van der Waals surface area contributed by atoms with Crippen molar-refractivity contribution in [2.75, 3.05) is 18.0 Å². The van der Waals surface area contributed by atoms with Gasteiger partial charge in [-0.25, -0.2) is 0 Å². The van der Waals surface area contributed by atoms with Crippen molar-refractivity contribution in [1.29, 1.82) is 5.26 Å². The molecule has 1 aliphatic rings. The summed E-state index contributed by atoms with van der Waals surface area (Å²) in [6.07, 6.45) is 1.99. The van der Waals surface area contributed by atoms with Crippen molar-refractivity contribution in [2.45, 2.75) is 18.9 Å². The summed E-state index contributed by atoms with van der Waals surface area (Å²) in [6.45, 7) is 1.60. The Balaban J connectivity index is 1.67. The standard InChI is InChI=1S/C16H14Cl2N4O/c17-14-5-4-12(8-15(14)18)23-13-2-1-7-22(10-13)16-6-3-11(9-19)20-21-16/h3-6,8,13H,1-2,7,10H2. The van der Waals surface area contributed by atoms with Gasteiger partial charge in [-0.3, -0.25) is 0 Å². The molecule has 5 nitrogen and oxygen atoms in total. The third-order valence-electron chi connectivity index (χ3n) is 3.66. The van der Waals surface area contributed by atoms with E-state index < -0.39 is 0 Å². The van der Waals surface area contributed by atoms with Crippen molar-refractivity contribution in [3.8, 4) is 11.8 Å². The monoisotopic (exact) mass is 348 g/mol. The molecule has 0 radical (unpaired) electrons. The number of benzene rings is 1. The third kappa shape index (κ3) is 3.84. The number of hydrogen-bond donors (Lipinski definition) is 0. The highest BCUT2D eigenvalue weighted by atomic mass is 35.5. The van der Waals surface area contributed by atoms with E-state index in [4.69, 9.17) is 33.2 Å². The Labute approximate surface area is 144 Å². The molecule has 1 atom stereocenters. The maximum absolute atomic E-state index is 8.78. The summed E-state index contributed by atoms with van der Waals surface area (Å²) in [7, 11) is 0. The van der Waals surface area contributed by atoms with Gasteiger partial charge in [-0.15, -0.1) is 10.2 Å². The molecule has 0 spiro atoms. The molecule has 1 unspecified atom stereocenters. The van der Waals surface area contributed by atoms with E-state index in [9.17, 15) is 0 Å². The second-order valence-electron chi connectivity index (χ2n) is 5.29. The van der Waals surface area contributed by atoms with E-state index >= 15 is 0 Å². The molecule has 0 saturated carbocycles. The van der Waals surface area contributed by atoms with Gasteiger partial charge in [-0.2, -0.15) is 5.26 Å². The number of rotatable bonds is 3. The van der Waals surface area contributed by atoms with Crippen molar-refractivity contribution in [3.05, 3.63) is 46.1 Å². The minimum absolute atomic E-state index is 0.0402. The maximum Gasteiger partial charge on any atom is 0.163 e. The molecule has 0 aliphatic carbocycles. The average molecular weight is 349 g/mol. The quantitative estimate of drug-likeness (QED) is 0.846. The van der Waals surface area contributed by atoms with Gasteiger partial charge in [-0.1, -0.05) is 23.2 Å². The molecule has 3 rings (SSSR count). The van der Waals surface area contributed by atoms with E-state index in [0.29, 0.717) is 28.0 Å². The summed E-state index contributed by atoms with van der Waals surface area (Å²) < 4.78 is 6.00. The summed E-state index contributed by atoms with van der Waals surface area (Å²) >= 11 is 11.9. The molecule has 2 heterocycles. The van der Waals surface area contributed by atoms with E-state index in [2.05, 4.69) is 15.1 Å². The lowest BCUT2D eigenvalue weighted by atomic mass is 10.1. The lowest BCUT2D eigenvalue weighted by Gasteiger charge is -2.33. The Morgan fingerprint density at radius 3 is 2.74 bits per heavy atom. The largest absolute Gasteiger partial charge is 0.489 e. The highest BCUT2D eigenvalue weighted by Gasteiger charge is 2.22. The van der Waals surface area contributed by atoms with Crippen LogP contribution < -0.4 is 9.64 Å². The molecule has 1 aliphatic heterocycles. The van der Waals surface area contributed by atoms with Crippen LogP contribution in [0.1, 0.15) is 18.5 Å². The van der Waals surface area contributed by atoms with Crippen LogP contribution in [0.15, 0.2) is 30.3 Å². The minimum atomic E-state index is 0.0402. The summed E-state index contributed by atoms with van der Waals surface area (Å²) in [5.74, 6) is 1.46. The number of piperidine rings is 1. The smallest absolute Gasteiger partial charge is 0.163 e. The van der Waals surface area contributed by atoms with Crippen LogP contribution in [0.4, 0.5) is 5.82 Å². The molecule has 1 fully saturated rings. The van der Waals surface area contributed by atoms with E-state index in [1.165, 1.54) is 0 Å². The zero-order valence-corrected chi connectivity index (χ0v) is 13.8. The Kier molecular flexibility index (Phi) is 4.85. The van der Waals surface area contributed by atoms with E-state index in [0.717, 1.165) is 25.2 Å². The first-order chi connectivity index (χ1) is 11.2. The number of hydrogen-bond acceptors (Lipinski definition) is 5. The number of anilines is 1. The van der Waals surface area contributed by atoms with Crippen molar-refractivity contribution in [3.63, 3.8) is 0 Å². The lowest BCUT2D eigenvalue weighted by molar-refractivity contribution is 0.179. The van der Waals surface area contributed by atoms with Crippen molar-refractivity contribution < 1.29 is 4.74 Å². The van der Waals surface area contributed by atoms with Crippen LogP contribution in [-0.2, 0) is 0 Å². The molecule has 118 valence electrons. The van der Waals surface area contributed by atoms with Gasteiger partial charge in [-0.05, 0) is 37.1 Å². The van der Waals surface area contributed by atoms with Crippen LogP contribution in [0, 0.1) is 11.3 Å². The normalized spacial score (nSPS) is 17.6. The molecule has 1 saturated heterocycles. The Bertz CT molecular complexity index is 730. The summed E-state index contributed by atoms with van der Waals surface area (Å²) in [4.78, 5) is 2.11. The first kappa shape index (κ1) is 15.9. The predicted octanol–water partition coefficient (Wildman–Crippen LogP) is 3.70. The fraction of sp³-hybridized carbons (Fsp3) is 0.312. The number of aromatic nitrogens is 2. The number of nitriles is 1. The van der Waals surface area contributed by atoms with Crippen LogP contribution in [0.5, 0.6) is 5.75 Å². The van der Waals surface area contributed by atoms with Crippen LogP contribution in [-0.4, -0.2) is 29.4 Å². The van der Waals surface area contributed by atoms with Gasteiger partial charge in [0.1, 0.15) is 17.9 Å². The SMILES string of the molecule is N#Cc1ccc(N2CCCC(Oc3ccc(Cl)c(Cl)c3)C2)nn1. The van der Waals surface area contributed by atoms with E-state index in [1.54, 1.807) is 18.2 Å². The predicted molar refractivity (Wildman–Crippen MR) is 89.1 cm³/mol. The van der Waals surface area contributed by atoms with Gasteiger partial charge >= 0.3 is 0 Å². The first-order valence-electron chi connectivity index (χ1n) is 7.26. The lowest BCUT2D eigenvalue weighted by Crippen LogP contribution is -2.41. The fourth-order valence-corrected chi connectivity index (χ4v) is 2.83. The molecule has 1 aromatic heterocycles. The molecule has 0 bridgehead atoms. The summed E-state index contributed by atoms with van der Waals surface area (Å²) in [6, 6.07) is 10.7. The number of halogens is 2. The third-order valence-corrected chi connectivity index (χ3v) is 4.40. The van der Waals surface area contributed by atoms with E-state index in [-0.39, 0.29) is 6.10 Å². The minimum Gasteiger partial charge on any atom is -0.489 e. The highest BCUT2D eigenvalue weighted by Crippen LogP contribution is 2.28. The first-order valence-corrected chi connectivity index (χ1v) is 8.02. The second kappa shape index (κ2) is 7.03. The zero-order valence-electron chi connectivity index (χ0n) is 12.2. The Hall–Kier alpha value is -2.03. The fourth-order valence-electron chi connectivity index (χ4n) is 2.54. The average Bonchev–Trinajstić information content (AvgIpc) is 2.58. The molecule has 7 heteroatoms. The van der Waals surface area contributed by atoms with Crippen LogP contribution >= 0.6 is 23.2 Å². The molecular formula is C16H14Cl2N4O. The molecule has 2 aromatic rings. The van der Waals surface area contributed by atoms with Gasteiger partial charge < -0.3 is 9.64 Å². The van der Waals surface area contributed by atoms with Crippen molar-refractivity contribution in [1.82, 2.24) is 10.2 Å². The molecular weight excluding hydrogens is 335 g/mol. The van der Waals surface area contributed by atoms with Crippen LogP contribution in [0.2, 0.25) is 10.0 Å². The molecule has 23 heavy (non-hydrogen) atoms. The molecule has 0 amide bonds. The zero-order chi connectivity index (χ0) is 16.2. The summed E-state index contributed by atoms with van der Waals surface area (Å²) in [5, 5.41) is 17.7. The highest BCUT2D eigenvalue weighted by molar-refractivity contribution is 6.42. The van der Waals surface area contributed by atoms with Gasteiger partial charge in [0.25, 0.3) is 0 Å². The topological polar surface area (TPSA) is 62.0 Å². The second-order valence-corrected chi connectivity index (χ2v) is 6.11. The van der Waals surface area contributed by atoms with Crippen molar-refractivity contribution >= 4 is 29.0 Å². The summed E-state index contributed by atoms with van der Waals surface area (Å²) in [5.41, 5.74) is 0.314. The molecule has 0 N–H and O–H groups in total. The number of ether oxygens (including phenoxy) is 1. The van der Waals surface area contributed by atoms with Gasteiger partial charge in [0.2, 0.25) is 0 Å². The van der Waals surface area contributed by atoms with Crippen molar-refractivity contribution in [2.24, 2.45) is 0 Å². The van der Waals surface area contributed by atoms with Gasteiger partial charge in [0, 0.05) is 12.6 Å². The number of nitrogens with zero attached hydrogens (tertiary/aromatic N) is 4. The van der Waals surface area contributed by atoms with Gasteiger partial charge in [0.15, 0.2) is 11.5 Å². The molecule has 1 aromatic carbocycles.